The first-order valence-electron chi connectivity index (χ1n) is 1.92. The Bertz CT molecular complexity index is 142. The van der Waals surface area contributed by atoms with Gasteiger partial charge < -0.3 is 4.98 Å². The molecule has 1 aromatic heterocycles. The Kier molecular flexibility index (Phi) is 0.898. The number of H-pyrrole nitrogens is 1. The standard InChI is InChI=1S/C4H4N3/c5-7-4-2-1-3-6-4/h1-3,6H. The van der Waals surface area contributed by atoms with Gasteiger partial charge in [0.2, 0.25) is 0 Å². The van der Waals surface area contributed by atoms with Gasteiger partial charge in [0.05, 0.1) is 0 Å². The van der Waals surface area contributed by atoms with E-state index in [1.54, 1.807) is 18.3 Å². The average molecular weight is 94.1 g/mol. The van der Waals surface area contributed by atoms with Crippen LogP contribution in [0.3, 0.4) is 0 Å². The fourth-order valence-corrected chi connectivity index (χ4v) is 0.383. The molecule has 0 atom stereocenters. The molecule has 0 aliphatic carbocycles. The van der Waals surface area contributed by atoms with Crippen molar-refractivity contribution in [2.24, 2.45) is 5.11 Å². The van der Waals surface area contributed by atoms with Crippen LogP contribution >= 0.6 is 0 Å². The topological polar surface area (TPSA) is 50.4 Å². The molecule has 0 unspecified atom stereocenters. The summed E-state index contributed by atoms with van der Waals surface area (Å²) in [4.78, 5) is 2.67. The van der Waals surface area contributed by atoms with Gasteiger partial charge in [-0.2, -0.15) is 0 Å². The van der Waals surface area contributed by atoms with Gasteiger partial charge >= 0.3 is 0 Å². The lowest BCUT2D eigenvalue weighted by atomic mass is 10.6. The third-order valence-corrected chi connectivity index (χ3v) is 0.689. The molecule has 0 fully saturated rings. The minimum Gasteiger partial charge on any atom is -0.345 e. The lowest BCUT2D eigenvalue weighted by molar-refractivity contribution is 1.22. The molecule has 0 aliphatic rings. The first-order chi connectivity index (χ1) is 3.43. The molecule has 1 aromatic rings. The largest absolute Gasteiger partial charge is 0.345 e. The zero-order chi connectivity index (χ0) is 5.11. The highest BCUT2D eigenvalue weighted by Crippen LogP contribution is 2.02. The van der Waals surface area contributed by atoms with Gasteiger partial charge in [0.15, 0.2) is 5.82 Å². The van der Waals surface area contributed by atoms with Gasteiger partial charge in [-0.25, -0.2) is 0 Å². The van der Waals surface area contributed by atoms with Gasteiger partial charge in [-0.15, -0.1) is 5.11 Å². The van der Waals surface area contributed by atoms with Gasteiger partial charge in [0, 0.05) is 6.20 Å². The Morgan fingerprint density at radius 1 is 1.71 bits per heavy atom. The molecule has 0 aliphatic heterocycles. The molecular formula is C4H4N3. The van der Waals surface area contributed by atoms with E-state index in [4.69, 9.17) is 5.53 Å². The Balaban J connectivity index is 2.96. The highest BCUT2D eigenvalue weighted by Gasteiger charge is 1.80. The number of aromatic nitrogens is 1. The minimum atomic E-state index is 0.486. The predicted molar refractivity (Wildman–Crippen MR) is 25.0 cm³/mol. The van der Waals surface area contributed by atoms with Crippen LogP contribution in [0, 0.1) is 0 Å². The molecular weight excluding hydrogens is 90.1 g/mol. The molecule has 0 bridgehead atoms. The molecule has 0 saturated carbocycles. The summed E-state index contributed by atoms with van der Waals surface area (Å²) in [5.74, 6) is 0.486. The SMILES string of the molecule is [N]=Nc1ccc[nH]1. The van der Waals surface area contributed by atoms with Crippen molar-refractivity contribution >= 4 is 5.82 Å². The van der Waals surface area contributed by atoms with Crippen LogP contribution < -0.4 is 5.53 Å². The Morgan fingerprint density at radius 3 is 2.86 bits per heavy atom. The molecule has 1 radical (unpaired) electrons. The average Bonchev–Trinajstić information content (AvgIpc) is 2.14. The predicted octanol–water partition coefficient (Wildman–Crippen LogP) is 0.898. The first-order valence-corrected chi connectivity index (χ1v) is 1.92. The van der Waals surface area contributed by atoms with Crippen molar-refractivity contribution in [1.82, 2.24) is 10.5 Å². The second-order valence-corrected chi connectivity index (χ2v) is 1.16. The van der Waals surface area contributed by atoms with Crippen molar-refractivity contribution in [2.75, 3.05) is 0 Å². The number of aromatic amines is 1. The maximum atomic E-state index is 8.02. The highest BCUT2D eigenvalue weighted by atomic mass is 15.0. The first kappa shape index (κ1) is 4.05. The fraction of sp³-hybridized carbons (Fsp3) is 0. The molecule has 3 heteroatoms. The number of hydrogen-bond acceptors (Lipinski definition) is 1. The van der Waals surface area contributed by atoms with Crippen molar-refractivity contribution in [2.45, 2.75) is 0 Å². The van der Waals surface area contributed by atoms with Crippen molar-refractivity contribution < 1.29 is 0 Å². The summed E-state index contributed by atoms with van der Waals surface area (Å²) in [5.41, 5.74) is 8.02. The van der Waals surface area contributed by atoms with Crippen LogP contribution in [-0.4, -0.2) is 4.98 Å². The number of nitrogens with one attached hydrogen (secondary N) is 1. The van der Waals surface area contributed by atoms with E-state index in [0.717, 1.165) is 0 Å². The lowest BCUT2D eigenvalue weighted by Crippen LogP contribution is -1.54. The molecule has 0 amide bonds. The van der Waals surface area contributed by atoms with E-state index >= 15 is 0 Å². The van der Waals surface area contributed by atoms with Crippen LogP contribution in [0.4, 0.5) is 5.82 Å². The quantitative estimate of drug-likeness (QED) is 0.502. The molecule has 3 nitrogen and oxygen atoms in total. The molecule has 7 heavy (non-hydrogen) atoms. The van der Waals surface area contributed by atoms with Crippen molar-refractivity contribution in [3.63, 3.8) is 0 Å². The van der Waals surface area contributed by atoms with Crippen molar-refractivity contribution in [1.29, 1.82) is 0 Å². The molecule has 0 spiro atoms. The van der Waals surface area contributed by atoms with E-state index in [-0.39, 0.29) is 0 Å². The van der Waals surface area contributed by atoms with E-state index in [1.165, 1.54) is 0 Å². The summed E-state index contributed by atoms with van der Waals surface area (Å²) in [7, 11) is 0. The van der Waals surface area contributed by atoms with Crippen LogP contribution in [0.5, 0.6) is 0 Å². The molecule has 1 rings (SSSR count). The molecule has 1 heterocycles. The molecule has 35 valence electrons. The normalized spacial score (nSPS) is 8.57. The number of rotatable bonds is 1. The monoisotopic (exact) mass is 94.0 g/mol. The zero-order valence-electron chi connectivity index (χ0n) is 3.63. The van der Waals surface area contributed by atoms with Gasteiger partial charge in [-0.3, -0.25) is 0 Å². The second-order valence-electron chi connectivity index (χ2n) is 1.16. The van der Waals surface area contributed by atoms with Gasteiger partial charge in [-0.1, -0.05) is 0 Å². The van der Waals surface area contributed by atoms with Crippen LogP contribution in [-0.2, 0) is 0 Å². The molecule has 0 saturated heterocycles. The van der Waals surface area contributed by atoms with Gasteiger partial charge in [0.25, 0.3) is 0 Å². The van der Waals surface area contributed by atoms with Crippen LogP contribution in [0.25, 0.3) is 0 Å². The van der Waals surface area contributed by atoms with Crippen molar-refractivity contribution in [3.05, 3.63) is 18.3 Å². The zero-order valence-corrected chi connectivity index (χ0v) is 3.63. The van der Waals surface area contributed by atoms with E-state index < -0.39 is 0 Å². The minimum absolute atomic E-state index is 0.486. The highest BCUT2D eigenvalue weighted by molar-refractivity contribution is 5.24. The maximum Gasteiger partial charge on any atom is 0.154 e. The summed E-state index contributed by atoms with van der Waals surface area (Å²) in [6.07, 6.45) is 1.69. The number of nitrogens with zero attached hydrogens (tertiary/aromatic N) is 2. The summed E-state index contributed by atoms with van der Waals surface area (Å²) < 4.78 is 0. The van der Waals surface area contributed by atoms with E-state index in [2.05, 4.69) is 10.1 Å². The summed E-state index contributed by atoms with van der Waals surface area (Å²) in [6, 6.07) is 3.43. The van der Waals surface area contributed by atoms with E-state index in [0.29, 0.717) is 5.82 Å². The summed E-state index contributed by atoms with van der Waals surface area (Å²) >= 11 is 0. The molecule has 0 aromatic carbocycles. The Labute approximate surface area is 40.9 Å². The third-order valence-electron chi connectivity index (χ3n) is 0.689. The van der Waals surface area contributed by atoms with Crippen LogP contribution in [0.1, 0.15) is 0 Å². The Morgan fingerprint density at radius 2 is 2.57 bits per heavy atom. The smallest absolute Gasteiger partial charge is 0.154 e. The third kappa shape index (κ3) is 0.652. The van der Waals surface area contributed by atoms with Crippen LogP contribution in [0.2, 0.25) is 0 Å². The Hall–Kier alpha value is -1.12. The van der Waals surface area contributed by atoms with Gasteiger partial charge in [0.1, 0.15) is 0 Å². The number of hydrogen-bond donors (Lipinski definition) is 1. The second kappa shape index (κ2) is 1.55. The summed E-state index contributed by atoms with van der Waals surface area (Å²) in [6.45, 7) is 0. The lowest BCUT2D eigenvalue weighted by Gasteiger charge is -1.70. The maximum absolute atomic E-state index is 8.02. The van der Waals surface area contributed by atoms with E-state index in [1.807, 2.05) is 0 Å². The van der Waals surface area contributed by atoms with E-state index in [9.17, 15) is 0 Å². The fourth-order valence-electron chi connectivity index (χ4n) is 0.383. The van der Waals surface area contributed by atoms with Crippen LogP contribution in [0.15, 0.2) is 23.4 Å². The summed E-state index contributed by atoms with van der Waals surface area (Å²) in [5, 5.41) is 2.88. The molecule has 1 N–H and O–H groups in total. The van der Waals surface area contributed by atoms with Gasteiger partial charge in [-0.05, 0) is 17.7 Å². The van der Waals surface area contributed by atoms with Crippen molar-refractivity contribution in [3.8, 4) is 0 Å².